The van der Waals surface area contributed by atoms with Crippen LogP contribution in [-0.2, 0) is 24.6 Å². The van der Waals surface area contributed by atoms with Gasteiger partial charge >= 0.3 is 0 Å². The molecular formula is C25H28Cl2N2O4. The van der Waals surface area contributed by atoms with Crippen LogP contribution in [0.25, 0.3) is 0 Å². The highest BCUT2D eigenvalue weighted by Gasteiger charge is 2.51. The average molecular weight is 491 g/mol. The quantitative estimate of drug-likeness (QED) is 0.335. The van der Waals surface area contributed by atoms with E-state index in [4.69, 9.17) is 42.1 Å². The van der Waals surface area contributed by atoms with Crippen molar-refractivity contribution in [3.63, 3.8) is 0 Å². The normalized spacial score (nSPS) is 27.8. The zero-order chi connectivity index (χ0) is 22.4. The third-order valence-corrected chi connectivity index (χ3v) is 7.15. The van der Waals surface area contributed by atoms with E-state index in [1.54, 1.807) is 0 Å². The fourth-order valence-electron chi connectivity index (χ4n) is 4.86. The molecule has 6 nitrogen and oxygen atoms in total. The molecule has 4 atom stereocenters. The molecule has 4 unspecified atom stereocenters. The molecular weight excluding hydrogens is 463 g/mol. The Kier molecular flexibility index (Phi) is 6.14. The second-order valence-electron chi connectivity index (χ2n) is 9.32. The Balaban J connectivity index is 1.55. The first kappa shape index (κ1) is 22.3. The van der Waals surface area contributed by atoms with Crippen molar-refractivity contribution < 1.29 is 18.9 Å². The molecule has 0 bridgehead atoms. The molecule has 4 aliphatic rings. The molecule has 8 heteroatoms. The number of nitrogens with zero attached hydrogens (tertiary/aromatic N) is 2. The van der Waals surface area contributed by atoms with Crippen molar-refractivity contribution >= 4 is 23.2 Å². The molecule has 0 N–H and O–H groups in total. The van der Waals surface area contributed by atoms with Gasteiger partial charge in [0.2, 0.25) is 0 Å². The predicted octanol–water partition coefficient (Wildman–Crippen LogP) is 3.39. The third-order valence-electron chi connectivity index (χ3n) is 6.68. The minimum Gasteiger partial charge on any atom is -0.372 e. The van der Waals surface area contributed by atoms with E-state index in [1.807, 2.05) is 24.3 Å². The highest BCUT2D eigenvalue weighted by atomic mass is 35.5. The summed E-state index contributed by atoms with van der Waals surface area (Å²) in [4.78, 5) is 5.01. The lowest BCUT2D eigenvalue weighted by Gasteiger charge is -2.52. The first-order chi connectivity index (χ1) is 16.1. The van der Waals surface area contributed by atoms with E-state index in [-0.39, 0.29) is 24.4 Å². The lowest BCUT2D eigenvalue weighted by molar-refractivity contribution is -0.0467. The van der Waals surface area contributed by atoms with Crippen LogP contribution in [0.1, 0.15) is 11.1 Å². The summed E-state index contributed by atoms with van der Waals surface area (Å²) in [7, 11) is 0. The van der Waals surface area contributed by atoms with Gasteiger partial charge in [-0.1, -0.05) is 47.5 Å². The Morgan fingerprint density at radius 3 is 1.24 bits per heavy atom. The Morgan fingerprint density at radius 1 is 0.636 bits per heavy atom. The van der Waals surface area contributed by atoms with Gasteiger partial charge in [0.1, 0.15) is 5.66 Å². The Hall–Kier alpha value is -1.22. The van der Waals surface area contributed by atoms with Crippen LogP contribution < -0.4 is 0 Å². The molecule has 0 amide bonds. The van der Waals surface area contributed by atoms with E-state index in [0.717, 1.165) is 63.7 Å². The van der Waals surface area contributed by atoms with E-state index >= 15 is 0 Å². The molecule has 4 fully saturated rings. The summed E-state index contributed by atoms with van der Waals surface area (Å²) in [6.45, 7) is 6.25. The van der Waals surface area contributed by atoms with E-state index in [0.29, 0.717) is 10.0 Å². The van der Waals surface area contributed by atoms with Crippen molar-refractivity contribution in [1.82, 2.24) is 9.80 Å². The smallest absolute Gasteiger partial charge is 0.127 e. The number of hydrogen-bond acceptors (Lipinski definition) is 6. The lowest BCUT2D eigenvalue weighted by Crippen LogP contribution is -2.62. The number of rotatable bonds is 12. The van der Waals surface area contributed by atoms with Crippen LogP contribution in [0.5, 0.6) is 0 Å². The molecule has 2 aromatic carbocycles. The molecule has 0 saturated carbocycles. The van der Waals surface area contributed by atoms with Gasteiger partial charge in [0.25, 0.3) is 0 Å². The van der Waals surface area contributed by atoms with E-state index in [2.05, 4.69) is 34.1 Å². The Labute approximate surface area is 204 Å². The molecule has 0 radical (unpaired) electrons. The SMILES string of the molecule is Clc1cccc(C(c2cccc(Cl)c2)(N(CC2CO2)CC2CO2)N(CC2CO2)CC2CO2)c1. The fourth-order valence-corrected chi connectivity index (χ4v) is 5.24. The summed E-state index contributed by atoms with van der Waals surface area (Å²) in [5.74, 6) is 0. The topological polar surface area (TPSA) is 56.6 Å². The van der Waals surface area contributed by atoms with Crippen LogP contribution >= 0.6 is 23.2 Å². The highest BCUT2D eigenvalue weighted by Crippen LogP contribution is 2.44. The van der Waals surface area contributed by atoms with Gasteiger partial charge < -0.3 is 18.9 Å². The summed E-state index contributed by atoms with van der Waals surface area (Å²) >= 11 is 13.2. The molecule has 2 aromatic rings. The largest absolute Gasteiger partial charge is 0.372 e. The molecule has 176 valence electrons. The van der Waals surface area contributed by atoms with Crippen LogP contribution in [0, 0.1) is 0 Å². The second-order valence-corrected chi connectivity index (χ2v) is 10.2. The van der Waals surface area contributed by atoms with Crippen molar-refractivity contribution in [3.8, 4) is 0 Å². The minimum absolute atomic E-state index is 0.206. The van der Waals surface area contributed by atoms with Crippen LogP contribution in [-0.4, -0.2) is 86.8 Å². The van der Waals surface area contributed by atoms with Gasteiger partial charge in [-0.3, -0.25) is 9.80 Å². The van der Waals surface area contributed by atoms with Gasteiger partial charge in [-0.05, 0) is 35.4 Å². The second kappa shape index (κ2) is 9.10. The highest BCUT2D eigenvalue weighted by molar-refractivity contribution is 6.31. The van der Waals surface area contributed by atoms with Crippen molar-refractivity contribution in [2.45, 2.75) is 30.1 Å². The zero-order valence-electron chi connectivity index (χ0n) is 18.4. The molecule has 6 rings (SSSR count). The Morgan fingerprint density at radius 2 is 0.970 bits per heavy atom. The van der Waals surface area contributed by atoms with Crippen LogP contribution in [0.3, 0.4) is 0 Å². The first-order valence-electron chi connectivity index (χ1n) is 11.6. The van der Waals surface area contributed by atoms with Gasteiger partial charge in [0.05, 0.1) is 50.8 Å². The fraction of sp³-hybridized carbons (Fsp3) is 0.520. The van der Waals surface area contributed by atoms with Crippen LogP contribution in [0.4, 0.5) is 0 Å². The van der Waals surface area contributed by atoms with Crippen LogP contribution in [0.2, 0.25) is 10.0 Å². The van der Waals surface area contributed by atoms with Gasteiger partial charge in [0, 0.05) is 36.2 Å². The van der Waals surface area contributed by atoms with Gasteiger partial charge in [-0.15, -0.1) is 0 Å². The van der Waals surface area contributed by atoms with Crippen LogP contribution in [0.15, 0.2) is 48.5 Å². The molecule has 4 heterocycles. The maximum absolute atomic E-state index is 6.59. The molecule has 0 aromatic heterocycles. The molecule has 4 aliphatic heterocycles. The number of ether oxygens (including phenoxy) is 4. The summed E-state index contributed by atoms with van der Waals surface area (Å²) in [5, 5.41) is 1.41. The number of hydrogen-bond donors (Lipinski definition) is 0. The molecule has 33 heavy (non-hydrogen) atoms. The van der Waals surface area contributed by atoms with Gasteiger partial charge in [-0.2, -0.15) is 0 Å². The van der Waals surface area contributed by atoms with Crippen molar-refractivity contribution in [2.24, 2.45) is 0 Å². The van der Waals surface area contributed by atoms with Crippen molar-refractivity contribution in [2.75, 3.05) is 52.6 Å². The summed E-state index contributed by atoms with van der Waals surface area (Å²) in [6.07, 6.45) is 0.825. The van der Waals surface area contributed by atoms with Gasteiger partial charge in [-0.25, -0.2) is 0 Å². The van der Waals surface area contributed by atoms with Gasteiger partial charge in [0.15, 0.2) is 0 Å². The monoisotopic (exact) mass is 490 g/mol. The lowest BCUT2D eigenvalue weighted by atomic mass is 9.86. The standard InChI is InChI=1S/C25H28Cl2N2O4/c26-19-5-1-3-17(7-19)25(18-4-2-6-20(27)8-18,28(9-21-13-30-21)10-22-14-31-22)29(11-23-15-32-23)12-24-16-33-24/h1-8,21-24H,9-16H2. The number of epoxide rings is 4. The first-order valence-corrected chi connectivity index (χ1v) is 12.4. The maximum Gasteiger partial charge on any atom is 0.127 e. The minimum atomic E-state index is -0.633. The zero-order valence-corrected chi connectivity index (χ0v) is 19.9. The summed E-state index contributed by atoms with van der Waals surface area (Å²) in [5.41, 5.74) is 1.56. The van der Waals surface area contributed by atoms with Crippen molar-refractivity contribution in [1.29, 1.82) is 0 Å². The Bertz CT molecular complexity index is 884. The maximum atomic E-state index is 6.59. The average Bonchev–Trinajstić information content (AvgIpc) is 3.58. The van der Waals surface area contributed by atoms with E-state index in [9.17, 15) is 0 Å². The summed E-state index contributed by atoms with van der Waals surface area (Å²) in [6, 6.07) is 16.4. The number of benzene rings is 2. The van der Waals surface area contributed by atoms with E-state index in [1.165, 1.54) is 0 Å². The molecule has 0 spiro atoms. The predicted molar refractivity (Wildman–Crippen MR) is 126 cm³/mol. The summed E-state index contributed by atoms with van der Waals surface area (Å²) < 4.78 is 22.9. The number of halogens is 2. The van der Waals surface area contributed by atoms with E-state index < -0.39 is 5.66 Å². The molecule has 4 saturated heterocycles. The molecule has 0 aliphatic carbocycles. The van der Waals surface area contributed by atoms with Crippen molar-refractivity contribution in [3.05, 3.63) is 69.7 Å². The third kappa shape index (κ3) is 5.09.